The highest BCUT2D eigenvalue weighted by atomic mass is 32.2. The molecule has 0 radical (unpaired) electrons. The molecule has 1 N–H and O–H groups in total. The number of aromatic nitrogens is 5. The van der Waals surface area contributed by atoms with Crippen LogP contribution in [-0.4, -0.2) is 61.5 Å². The van der Waals surface area contributed by atoms with Crippen molar-refractivity contribution in [1.82, 2.24) is 24.5 Å². The normalized spacial score (nSPS) is 15.5. The van der Waals surface area contributed by atoms with E-state index >= 15 is 0 Å². The van der Waals surface area contributed by atoms with Crippen LogP contribution in [0.2, 0.25) is 0 Å². The number of thiophene rings is 1. The molecule has 1 atom stereocenters. The summed E-state index contributed by atoms with van der Waals surface area (Å²) in [5.74, 6) is 0.244. The second-order valence-electron chi connectivity index (χ2n) is 8.34. The third-order valence-electron chi connectivity index (χ3n) is 5.73. The number of hydrogen-bond donors (Lipinski definition) is 1. The molecule has 1 saturated heterocycles. The van der Waals surface area contributed by atoms with Gasteiger partial charge in [0, 0.05) is 17.7 Å². The van der Waals surface area contributed by atoms with Crippen molar-refractivity contribution in [3.63, 3.8) is 0 Å². The van der Waals surface area contributed by atoms with E-state index in [9.17, 15) is 9.59 Å². The number of aryl methyl sites for hydroxylation is 2. The van der Waals surface area contributed by atoms with Crippen molar-refractivity contribution in [3.05, 3.63) is 39.8 Å². The van der Waals surface area contributed by atoms with Gasteiger partial charge in [-0.1, -0.05) is 11.8 Å². The van der Waals surface area contributed by atoms with E-state index < -0.39 is 5.97 Å². The Hall–Kier alpha value is -2.70. The first-order valence-electron chi connectivity index (χ1n) is 11.6. The molecule has 1 amide bonds. The molecule has 35 heavy (non-hydrogen) atoms. The first kappa shape index (κ1) is 25.4. The van der Waals surface area contributed by atoms with Crippen molar-refractivity contribution in [1.29, 1.82) is 0 Å². The van der Waals surface area contributed by atoms with E-state index in [1.165, 1.54) is 23.1 Å². The molecule has 4 heterocycles. The van der Waals surface area contributed by atoms with Gasteiger partial charge >= 0.3 is 5.97 Å². The number of amides is 1. The minimum atomic E-state index is -0.424. The van der Waals surface area contributed by atoms with E-state index in [4.69, 9.17) is 9.47 Å². The predicted octanol–water partition coefficient (Wildman–Crippen LogP) is 3.60. The molecule has 0 aliphatic carbocycles. The molecule has 1 aliphatic heterocycles. The third-order valence-corrected chi connectivity index (χ3v) is 7.82. The summed E-state index contributed by atoms with van der Waals surface area (Å²) >= 11 is 2.69. The molecule has 188 valence electrons. The molecule has 0 spiro atoms. The second-order valence-corrected chi connectivity index (χ2v) is 10.5. The van der Waals surface area contributed by atoms with Crippen LogP contribution in [0, 0.1) is 20.8 Å². The number of carbonyl (C=O) groups is 2. The minimum Gasteiger partial charge on any atom is -0.462 e. The average molecular weight is 519 g/mol. The summed E-state index contributed by atoms with van der Waals surface area (Å²) in [4.78, 5) is 26.2. The van der Waals surface area contributed by atoms with Crippen LogP contribution in [-0.2, 0) is 27.4 Å². The van der Waals surface area contributed by atoms with Gasteiger partial charge in [-0.2, -0.15) is 5.10 Å². The Balaban J connectivity index is 1.46. The molecule has 1 aliphatic rings. The summed E-state index contributed by atoms with van der Waals surface area (Å²) in [7, 11) is 0. The number of carbonyl (C=O) groups excluding carboxylic acids is 2. The molecule has 4 rings (SSSR count). The van der Waals surface area contributed by atoms with Crippen molar-refractivity contribution in [2.75, 3.05) is 24.3 Å². The smallest absolute Gasteiger partial charge is 0.341 e. The molecule has 12 heteroatoms. The van der Waals surface area contributed by atoms with Crippen LogP contribution in [0.15, 0.2) is 17.4 Å². The zero-order valence-corrected chi connectivity index (χ0v) is 22.0. The van der Waals surface area contributed by atoms with E-state index in [1.54, 1.807) is 6.92 Å². The molecular weight excluding hydrogens is 488 g/mol. The Bertz CT molecular complexity index is 1190. The standard InChI is InChI=1S/C23H30N6O4S2/c1-5-32-22(31)20-15(3)16(4)35-21(20)24-19(30)13-34-23-26-25-18(12-28-9-8-14(2)27-28)29(23)11-17-7-6-10-33-17/h8-9,17H,5-7,10-13H2,1-4H3,(H,24,30)/t17-/m1/s1. The molecule has 0 unspecified atom stereocenters. The van der Waals surface area contributed by atoms with Crippen LogP contribution in [0.25, 0.3) is 0 Å². The fourth-order valence-corrected chi connectivity index (χ4v) is 5.70. The van der Waals surface area contributed by atoms with Crippen LogP contribution in [0.1, 0.15) is 52.1 Å². The second kappa shape index (κ2) is 11.4. The Labute approximate surface area is 212 Å². The average Bonchev–Trinajstić information content (AvgIpc) is 3.59. The number of thioether (sulfide) groups is 1. The number of esters is 1. The van der Waals surface area contributed by atoms with E-state index in [1.807, 2.05) is 42.3 Å². The van der Waals surface area contributed by atoms with Crippen LogP contribution >= 0.6 is 23.1 Å². The molecule has 1 fully saturated rings. The summed E-state index contributed by atoms with van der Waals surface area (Å²) < 4.78 is 14.9. The summed E-state index contributed by atoms with van der Waals surface area (Å²) in [5.41, 5.74) is 2.18. The zero-order chi connectivity index (χ0) is 24.9. The lowest BCUT2D eigenvalue weighted by atomic mass is 10.1. The SMILES string of the molecule is CCOC(=O)c1c(NC(=O)CSc2nnc(Cn3ccc(C)n3)n2C[C@H]2CCCO2)sc(C)c1C. The van der Waals surface area contributed by atoms with Crippen LogP contribution < -0.4 is 5.32 Å². The minimum absolute atomic E-state index is 0.0986. The summed E-state index contributed by atoms with van der Waals surface area (Å²) in [6.45, 7) is 9.63. The first-order chi connectivity index (χ1) is 16.9. The van der Waals surface area contributed by atoms with E-state index in [-0.39, 0.29) is 24.4 Å². The molecule has 0 saturated carbocycles. The van der Waals surface area contributed by atoms with E-state index in [2.05, 4.69) is 20.6 Å². The number of rotatable bonds is 10. The van der Waals surface area contributed by atoms with Crippen LogP contribution in [0.3, 0.4) is 0 Å². The van der Waals surface area contributed by atoms with Gasteiger partial charge in [-0.25, -0.2) is 4.79 Å². The summed E-state index contributed by atoms with van der Waals surface area (Å²) in [6, 6.07) is 1.94. The highest BCUT2D eigenvalue weighted by Gasteiger charge is 2.24. The van der Waals surface area contributed by atoms with Crippen LogP contribution in [0.4, 0.5) is 5.00 Å². The number of nitrogens with one attached hydrogen (secondary N) is 1. The number of hydrogen-bond acceptors (Lipinski definition) is 9. The molecule has 3 aromatic rings. The van der Waals surface area contributed by atoms with Gasteiger partial charge in [0.25, 0.3) is 0 Å². The topological polar surface area (TPSA) is 113 Å². The fraction of sp³-hybridized carbons (Fsp3) is 0.522. The molecule has 10 nitrogen and oxygen atoms in total. The molecular formula is C23H30N6O4S2. The maximum Gasteiger partial charge on any atom is 0.341 e. The van der Waals surface area contributed by atoms with Crippen molar-refractivity contribution in [2.45, 2.75) is 64.9 Å². The van der Waals surface area contributed by atoms with E-state index in [0.29, 0.717) is 28.8 Å². The van der Waals surface area contributed by atoms with Crippen molar-refractivity contribution in [2.24, 2.45) is 0 Å². The fourth-order valence-electron chi connectivity index (χ4n) is 3.87. The van der Waals surface area contributed by atoms with Gasteiger partial charge in [-0.05, 0) is 52.2 Å². The zero-order valence-electron chi connectivity index (χ0n) is 20.4. The Morgan fingerprint density at radius 1 is 1.31 bits per heavy atom. The summed E-state index contributed by atoms with van der Waals surface area (Å²) in [5, 5.41) is 17.2. The highest BCUT2D eigenvalue weighted by Crippen LogP contribution is 2.33. The maximum atomic E-state index is 12.8. The van der Waals surface area contributed by atoms with Gasteiger partial charge < -0.3 is 19.4 Å². The quantitative estimate of drug-likeness (QED) is 0.320. The van der Waals surface area contributed by atoms with Crippen molar-refractivity contribution >= 4 is 40.0 Å². The maximum absolute atomic E-state index is 12.8. The van der Waals surface area contributed by atoms with Gasteiger partial charge in [-0.15, -0.1) is 21.5 Å². The predicted molar refractivity (Wildman–Crippen MR) is 134 cm³/mol. The van der Waals surface area contributed by atoms with Gasteiger partial charge in [0.1, 0.15) is 11.5 Å². The lowest BCUT2D eigenvalue weighted by Crippen LogP contribution is -2.20. The Morgan fingerprint density at radius 3 is 2.83 bits per heavy atom. The number of anilines is 1. The molecule has 0 aromatic carbocycles. The third kappa shape index (κ3) is 6.11. The highest BCUT2D eigenvalue weighted by molar-refractivity contribution is 7.99. The van der Waals surface area contributed by atoms with Gasteiger partial charge in [-0.3, -0.25) is 9.48 Å². The Morgan fingerprint density at radius 2 is 2.14 bits per heavy atom. The van der Waals surface area contributed by atoms with Gasteiger partial charge in [0.05, 0.1) is 36.3 Å². The van der Waals surface area contributed by atoms with Gasteiger partial charge in [0.15, 0.2) is 11.0 Å². The van der Waals surface area contributed by atoms with Crippen LogP contribution in [0.5, 0.6) is 0 Å². The number of ether oxygens (including phenoxy) is 2. The largest absolute Gasteiger partial charge is 0.462 e. The number of nitrogens with zero attached hydrogens (tertiary/aromatic N) is 5. The molecule has 0 bridgehead atoms. The van der Waals surface area contributed by atoms with Crippen molar-refractivity contribution in [3.8, 4) is 0 Å². The lowest BCUT2D eigenvalue weighted by Gasteiger charge is -2.14. The van der Waals surface area contributed by atoms with Gasteiger partial charge in [0.2, 0.25) is 5.91 Å². The molecule has 3 aromatic heterocycles. The van der Waals surface area contributed by atoms with Crippen molar-refractivity contribution < 1.29 is 19.1 Å². The first-order valence-corrected chi connectivity index (χ1v) is 13.4. The monoisotopic (exact) mass is 518 g/mol. The Kier molecular flexibility index (Phi) is 8.24. The lowest BCUT2D eigenvalue weighted by molar-refractivity contribution is -0.113. The van der Waals surface area contributed by atoms with E-state index in [0.717, 1.165) is 41.4 Å². The summed E-state index contributed by atoms with van der Waals surface area (Å²) in [6.07, 6.45) is 4.03.